The Labute approximate surface area is 309 Å². The molecule has 0 spiro atoms. The Balaban J connectivity index is 1.22. The number of hydrogen-bond acceptors (Lipinski definition) is 8. The quantitative estimate of drug-likeness (QED) is 0.171. The first-order chi connectivity index (χ1) is 24.1. The van der Waals surface area contributed by atoms with Gasteiger partial charge in [0.25, 0.3) is 0 Å². The Morgan fingerprint density at radius 2 is 0.920 bits per heavy atom. The number of nitrogens with one attached hydrogen (secondary N) is 2. The van der Waals surface area contributed by atoms with Crippen molar-refractivity contribution in [3.63, 3.8) is 0 Å². The molecule has 286 valence electrons. The number of carbonyl (C=O) groups is 4. The highest BCUT2D eigenvalue weighted by molar-refractivity contribution is 8.76. The van der Waals surface area contributed by atoms with E-state index in [-0.39, 0.29) is 23.9 Å². The molecule has 0 radical (unpaired) electrons. The molecule has 0 aromatic heterocycles. The summed E-state index contributed by atoms with van der Waals surface area (Å²) in [6.07, 6.45) is 12.1. The van der Waals surface area contributed by atoms with Gasteiger partial charge in [0.1, 0.15) is 12.1 Å². The molecule has 2 saturated carbocycles. The average molecular weight is 739 g/mol. The molecule has 4 fully saturated rings. The Hall–Kier alpha value is -1.90. The summed E-state index contributed by atoms with van der Waals surface area (Å²) in [4.78, 5) is 65.0. The zero-order valence-electron chi connectivity index (χ0n) is 31.4. The van der Waals surface area contributed by atoms with Crippen molar-refractivity contribution in [2.24, 2.45) is 11.8 Å². The maximum absolute atomic E-state index is 13.5. The van der Waals surface area contributed by atoms with E-state index in [0.717, 1.165) is 50.5 Å². The lowest BCUT2D eigenvalue weighted by atomic mass is 10.0. The zero-order valence-corrected chi connectivity index (χ0v) is 33.0. The normalized spacial score (nSPS) is 20.9. The van der Waals surface area contributed by atoms with Crippen molar-refractivity contribution in [2.75, 3.05) is 104 Å². The molecule has 0 aromatic rings. The number of urea groups is 2. The van der Waals surface area contributed by atoms with Crippen molar-refractivity contribution < 1.29 is 19.2 Å². The van der Waals surface area contributed by atoms with E-state index in [2.05, 4.69) is 34.5 Å². The SMILES string of the molecule is C[C@H](NC(=O)N(CCSSCCN(CCC1CCCC1)C(=O)N[C@@H](C)C(=O)N1CCN(C)CC1)CCC1CCCC1)C(=O)N1CCN(C)CC1. The van der Waals surface area contributed by atoms with Gasteiger partial charge in [-0.15, -0.1) is 0 Å². The first kappa shape index (κ1) is 40.9. The molecule has 0 unspecified atom stereocenters. The maximum Gasteiger partial charge on any atom is 0.318 e. The van der Waals surface area contributed by atoms with Crippen LogP contribution in [0.4, 0.5) is 9.59 Å². The number of nitrogens with zero attached hydrogens (tertiary/aromatic N) is 6. The molecule has 4 aliphatic rings. The lowest BCUT2D eigenvalue weighted by Gasteiger charge is -2.34. The lowest BCUT2D eigenvalue weighted by molar-refractivity contribution is -0.135. The summed E-state index contributed by atoms with van der Waals surface area (Å²) in [6, 6.07) is -1.41. The van der Waals surface area contributed by atoms with Crippen LogP contribution in [0, 0.1) is 11.8 Å². The molecule has 2 heterocycles. The van der Waals surface area contributed by atoms with Gasteiger partial charge in [0.05, 0.1) is 0 Å². The van der Waals surface area contributed by atoms with E-state index in [4.69, 9.17) is 0 Å². The summed E-state index contributed by atoms with van der Waals surface area (Å²) in [5, 5.41) is 6.02. The molecule has 2 N–H and O–H groups in total. The molecule has 12 nitrogen and oxygen atoms in total. The van der Waals surface area contributed by atoms with E-state index in [1.807, 2.05) is 19.6 Å². The molecule has 6 amide bonds. The summed E-state index contributed by atoms with van der Waals surface area (Å²) in [6.45, 7) is 12.4. The van der Waals surface area contributed by atoms with E-state index in [0.29, 0.717) is 64.2 Å². The first-order valence-electron chi connectivity index (χ1n) is 19.4. The Kier molecular flexibility index (Phi) is 17.6. The largest absolute Gasteiger partial charge is 0.338 e. The Morgan fingerprint density at radius 3 is 1.26 bits per heavy atom. The fraction of sp³-hybridized carbons (Fsp3) is 0.889. The highest BCUT2D eigenvalue weighted by Crippen LogP contribution is 2.29. The molecule has 2 saturated heterocycles. The minimum Gasteiger partial charge on any atom is -0.338 e. The van der Waals surface area contributed by atoms with Gasteiger partial charge in [-0.25, -0.2) is 9.59 Å². The van der Waals surface area contributed by atoms with Crippen molar-refractivity contribution in [3.05, 3.63) is 0 Å². The third-order valence-corrected chi connectivity index (χ3v) is 13.5. The molecule has 0 bridgehead atoms. The van der Waals surface area contributed by atoms with E-state index in [1.165, 1.54) is 51.4 Å². The second-order valence-corrected chi connectivity index (χ2v) is 17.8. The standard InChI is InChI=1S/C36H66N8O4S2/c1-29(33(45)41-21-17-39(3)18-22-41)37-35(47)43(15-13-31-9-5-6-10-31)25-27-49-50-28-26-44(16-14-32-11-7-8-12-32)36(48)38-30(2)34(46)42-23-19-40(4)20-24-42/h29-32H,5-28H2,1-4H3,(H,37,47)(H,38,48)/t29-,30-/m0/s1. The van der Waals surface area contributed by atoms with Crippen molar-refractivity contribution in [1.82, 2.24) is 40.0 Å². The second-order valence-electron chi connectivity index (χ2n) is 15.1. The highest BCUT2D eigenvalue weighted by Gasteiger charge is 2.29. The van der Waals surface area contributed by atoms with Crippen molar-refractivity contribution in [1.29, 1.82) is 0 Å². The van der Waals surface area contributed by atoms with Crippen molar-refractivity contribution in [2.45, 2.75) is 90.1 Å². The fourth-order valence-corrected chi connectivity index (χ4v) is 9.58. The molecule has 2 atom stereocenters. The van der Waals surface area contributed by atoms with Crippen LogP contribution in [0.5, 0.6) is 0 Å². The number of piperazine rings is 2. The van der Waals surface area contributed by atoms with Crippen LogP contribution in [0.25, 0.3) is 0 Å². The smallest absolute Gasteiger partial charge is 0.318 e. The highest BCUT2D eigenvalue weighted by atomic mass is 33.1. The van der Waals surface area contributed by atoms with E-state index in [1.54, 1.807) is 35.4 Å². The molecule has 4 rings (SSSR count). The Morgan fingerprint density at radius 1 is 0.580 bits per heavy atom. The molecule has 0 aromatic carbocycles. The van der Waals surface area contributed by atoms with Crippen LogP contribution < -0.4 is 10.6 Å². The average Bonchev–Trinajstić information content (AvgIpc) is 3.84. The predicted molar refractivity (Wildman–Crippen MR) is 205 cm³/mol. The third-order valence-electron chi connectivity index (χ3n) is 11.2. The van der Waals surface area contributed by atoms with E-state index in [9.17, 15) is 19.2 Å². The zero-order chi connectivity index (χ0) is 35.9. The second kappa shape index (κ2) is 21.6. The van der Waals surface area contributed by atoms with E-state index >= 15 is 0 Å². The molecule has 50 heavy (non-hydrogen) atoms. The number of rotatable bonds is 17. The maximum atomic E-state index is 13.5. The first-order valence-corrected chi connectivity index (χ1v) is 21.9. The van der Waals surface area contributed by atoms with Gasteiger partial charge in [-0.2, -0.15) is 0 Å². The minimum atomic E-state index is -0.553. The minimum absolute atomic E-state index is 0.00765. The Bertz CT molecular complexity index is 979. The third kappa shape index (κ3) is 13.6. The molecular formula is C36H66N8O4S2. The van der Waals surface area contributed by atoms with Crippen LogP contribution in [0.1, 0.15) is 78.1 Å². The van der Waals surface area contributed by atoms with Crippen molar-refractivity contribution in [3.8, 4) is 0 Å². The van der Waals surface area contributed by atoms with Crippen LogP contribution in [0.15, 0.2) is 0 Å². The van der Waals surface area contributed by atoms with Gasteiger partial charge in [-0.3, -0.25) is 9.59 Å². The van der Waals surface area contributed by atoms with Crippen LogP contribution in [0.2, 0.25) is 0 Å². The number of likely N-dealkylation sites (N-methyl/N-ethyl adjacent to an activating group) is 2. The summed E-state index contributed by atoms with van der Waals surface area (Å²) in [5.41, 5.74) is 0. The molecule has 14 heteroatoms. The predicted octanol–water partition coefficient (Wildman–Crippen LogP) is 3.88. The van der Waals surface area contributed by atoms with Crippen molar-refractivity contribution >= 4 is 45.5 Å². The summed E-state index contributed by atoms with van der Waals surface area (Å²) >= 11 is 0. The van der Waals surface area contributed by atoms with Gasteiger partial charge in [-0.05, 0) is 52.6 Å². The van der Waals surface area contributed by atoms with Gasteiger partial charge >= 0.3 is 12.1 Å². The van der Waals surface area contributed by atoms with Crippen LogP contribution in [0.3, 0.4) is 0 Å². The van der Waals surface area contributed by atoms with Gasteiger partial charge in [0, 0.05) is 90.0 Å². The monoisotopic (exact) mass is 738 g/mol. The number of carbonyl (C=O) groups excluding carboxylic acids is 4. The molecular weight excluding hydrogens is 673 g/mol. The van der Waals surface area contributed by atoms with Crippen LogP contribution in [-0.2, 0) is 9.59 Å². The fourth-order valence-electron chi connectivity index (χ4n) is 7.60. The topological polar surface area (TPSA) is 112 Å². The summed E-state index contributed by atoms with van der Waals surface area (Å²) in [5.74, 6) is 2.89. The van der Waals surface area contributed by atoms with Crippen LogP contribution >= 0.6 is 21.6 Å². The molecule has 2 aliphatic carbocycles. The van der Waals surface area contributed by atoms with Gasteiger partial charge in [0.15, 0.2) is 0 Å². The lowest BCUT2D eigenvalue weighted by Crippen LogP contribution is -2.55. The molecule has 2 aliphatic heterocycles. The number of hydrogen-bond donors (Lipinski definition) is 2. The van der Waals surface area contributed by atoms with Gasteiger partial charge < -0.3 is 40.0 Å². The van der Waals surface area contributed by atoms with Crippen LogP contribution in [-0.4, -0.2) is 169 Å². The number of amides is 6. The van der Waals surface area contributed by atoms with Gasteiger partial charge in [-0.1, -0.05) is 73.0 Å². The van der Waals surface area contributed by atoms with E-state index < -0.39 is 12.1 Å². The summed E-state index contributed by atoms with van der Waals surface area (Å²) in [7, 11) is 7.60. The van der Waals surface area contributed by atoms with Gasteiger partial charge in [0.2, 0.25) is 11.8 Å². The summed E-state index contributed by atoms with van der Waals surface area (Å²) < 4.78 is 0.